The molecule has 3 N–H and O–H groups in total. The summed E-state index contributed by atoms with van der Waals surface area (Å²) in [5.41, 5.74) is -5.24. The number of Topliss-reactive ketones (excluding diaryl/α,β-unsaturated/α-hetero) is 3. The van der Waals surface area contributed by atoms with Gasteiger partial charge in [-0.05, 0) is 69.7 Å². The Bertz CT molecular complexity index is 7490. The molecule has 12 aromatic rings. The van der Waals surface area contributed by atoms with Gasteiger partial charge < -0.3 is 58.6 Å². The minimum Gasteiger partial charge on any atom is -0.494 e. The van der Waals surface area contributed by atoms with E-state index in [1.165, 1.54) is 35.8 Å². The molecule has 0 saturated carbocycles. The van der Waals surface area contributed by atoms with Gasteiger partial charge >= 0.3 is 0 Å². The highest BCUT2D eigenvalue weighted by molar-refractivity contribution is 6.46. The topological polar surface area (TPSA) is 418 Å². The van der Waals surface area contributed by atoms with Crippen LogP contribution >= 0.6 is 0 Å². The van der Waals surface area contributed by atoms with Crippen LogP contribution in [0.5, 0.6) is 17.2 Å². The van der Waals surface area contributed by atoms with Crippen LogP contribution in [0, 0.1) is 34.4 Å². The summed E-state index contributed by atoms with van der Waals surface area (Å²) in [6.45, 7) is -38.3. The molecule has 0 spiro atoms. The highest BCUT2D eigenvalue weighted by Gasteiger charge is 2.36. The number of methoxy groups -OCH3 is 3. The van der Waals surface area contributed by atoms with Crippen molar-refractivity contribution >= 4 is 85.5 Å². The summed E-state index contributed by atoms with van der Waals surface area (Å²) >= 11 is 0. The first kappa shape index (κ1) is 36.1. The maximum Gasteiger partial charge on any atom is 0.295 e. The lowest BCUT2D eigenvalue weighted by atomic mass is 10.1. The Labute approximate surface area is 668 Å². The third kappa shape index (κ3) is 14.5. The SMILES string of the molecule is [2H]c1nc(C(=O)N2C([2H])([2H])C([2H])([2H])N(C(=O)C(=O)c3c[nH]c4c(-n5nc(C([2H])([2H])[2H])nc5[2H])ncc(OC([2H])([2H])[2H])c34)C([2H])([2H])C2([2H])[2H])c([2H])c([2H])c1C.[2H]c1nc(C(=O)N2CCN(C(=O)C(=O)c3c[nH]c4c(-n5nc(C([2H])([2H])[2H])nc5[2H])ncc(OC([2H])([2H])[2H])c34)CC2)c([2H])c([2H])c1C.[2H]c1nc(C([2H])([2H])[2H])nn1-c1ncc(OC([2H])([2H])[2H])c2c(C(=O)C(=O)N3C([2H])([2H])C([2H])([2H])N(C(=O)c4ccccn4)C([2H])([2H])C3([2H])[2H])c[nH]c12. The number of carbonyl (C=O) groups is 9. The van der Waals surface area contributed by atoms with Crippen molar-refractivity contribution in [2.45, 2.75) is 34.4 Å². The Kier molecular flexibility index (Phi) is 10.3. The highest BCUT2D eigenvalue weighted by Crippen LogP contribution is 2.35. The maximum absolute atomic E-state index is 14.0. The molecular formula is C71H70N24O12. The van der Waals surface area contributed by atoms with Gasteiger partial charge in [-0.1, -0.05) is 18.2 Å². The van der Waals surface area contributed by atoms with Gasteiger partial charge in [0, 0.05) is 128 Å². The van der Waals surface area contributed by atoms with Crippen LogP contribution in [0.25, 0.3) is 50.2 Å². The Morgan fingerprint density at radius 2 is 0.776 bits per heavy atom. The van der Waals surface area contributed by atoms with Gasteiger partial charge in [-0.3, -0.25) is 58.1 Å². The number of aromatic amines is 3. The molecule has 6 amide bonds. The van der Waals surface area contributed by atoms with Crippen LogP contribution in [0.1, 0.15) is 150 Å². The molecule has 3 aliphatic heterocycles. The molecule has 15 rings (SSSR count). The van der Waals surface area contributed by atoms with Crippen LogP contribution in [-0.4, -0.2) is 271 Å². The van der Waals surface area contributed by atoms with Gasteiger partial charge in [0.05, 0.1) is 132 Å². The Morgan fingerprint density at radius 1 is 0.421 bits per heavy atom. The van der Waals surface area contributed by atoms with E-state index in [0.29, 0.717) is 28.0 Å². The molecule has 0 bridgehead atoms. The summed E-state index contributed by atoms with van der Waals surface area (Å²) in [4.78, 5) is 164. The highest BCUT2D eigenvalue weighted by atomic mass is 16.5. The smallest absolute Gasteiger partial charge is 0.295 e. The normalized spacial score (nSPS) is 24.1. The number of pyridine rings is 6. The molecule has 36 nitrogen and oxygen atoms in total. The molecule has 12 aromatic heterocycles. The zero-order chi connectivity index (χ0) is 112. The number of carbonyl (C=O) groups excluding carboxylic acids is 9. The number of aromatic nitrogens is 18. The Balaban J connectivity index is 0.000000188. The second-order valence-electron chi connectivity index (χ2n) is 21.5. The molecular weight excluding hydrogens is 1380 g/mol. The lowest BCUT2D eigenvalue weighted by Gasteiger charge is -2.34. The molecule has 0 atom stereocenters. The predicted molar refractivity (Wildman–Crippen MR) is 380 cm³/mol. The van der Waals surface area contributed by atoms with Crippen molar-refractivity contribution in [1.82, 2.24) is 119 Å². The summed E-state index contributed by atoms with van der Waals surface area (Å²) in [5, 5.41) is 9.83. The van der Waals surface area contributed by atoms with E-state index in [1.54, 1.807) is 0 Å². The third-order valence-corrected chi connectivity index (χ3v) is 15.0. The summed E-state index contributed by atoms with van der Waals surface area (Å²) in [6.07, 6.45) is 2.72. The number of ether oxygens (including phenoxy) is 3. The fraction of sp³-hybridized carbons (Fsp3) is 0.282. The largest absolute Gasteiger partial charge is 0.494 e. The molecule has 0 unspecified atom stereocenters. The van der Waals surface area contributed by atoms with E-state index in [-0.39, 0.29) is 82.4 Å². The molecule has 3 fully saturated rings. The van der Waals surface area contributed by atoms with Crippen LogP contribution in [0.3, 0.4) is 0 Å². The Hall–Kier alpha value is -13.8. The molecule has 0 aromatic carbocycles. The van der Waals surface area contributed by atoms with Gasteiger partial charge in [0.15, 0.2) is 17.5 Å². The van der Waals surface area contributed by atoms with E-state index < -0.39 is 295 Å². The molecule has 3 aliphatic rings. The number of H-pyrrole nitrogens is 3. The summed E-state index contributed by atoms with van der Waals surface area (Å²) in [5.74, 6) is -19.9. The van der Waals surface area contributed by atoms with Crippen molar-refractivity contribution in [2.24, 2.45) is 0 Å². The first-order valence-corrected chi connectivity index (χ1v) is 29.9. The molecule has 36 heteroatoms. The minimum atomic E-state index is -4.14. The molecule has 0 radical (unpaired) electrons. The van der Waals surface area contributed by atoms with Gasteiger partial charge in [0.1, 0.15) is 74.8 Å². The summed E-state index contributed by atoms with van der Waals surface area (Å²) in [7, 11) is -9.45. The quantitative estimate of drug-likeness (QED) is 0.0973. The zero-order valence-electron chi connectivity index (χ0n) is 96.9. The number of piperazine rings is 3. The molecule has 3 saturated heterocycles. The van der Waals surface area contributed by atoms with Crippen LogP contribution in [0.15, 0.2) is 117 Å². The van der Waals surface area contributed by atoms with Crippen molar-refractivity contribution in [1.29, 1.82) is 0 Å². The lowest BCUT2D eigenvalue weighted by Crippen LogP contribution is -2.52. The zero-order valence-corrected chi connectivity index (χ0v) is 53.9. The van der Waals surface area contributed by atoms with Crippen LogP contribution in [0.4, 0.5) is 0 Å². The number of nitrogens with one attached hydrogen (secondary N) is 3. The monoisotopic (exact) mass is 1490 g/mol. The van der Waals surface area contributed by atoms with Gasteiger partial charge in [-0.25, -0.2) is 43.9 Å². The fourth-order valence-electron chi connectivity index (χ4n) is 10.0. The van der Waals surface area contributed by atoms with E-state index in [0.717, 1.165) is 35.5 Å². The number of hydrogen-bond donors (Lipinski definition) is 3. The minimum absolute atomic E-state index is 0.0483. The average Bonchev–Trinajstić information content (AvgIpc) is 0.824. The molecule has 546 valence electrons. The molecule has 107 heavy (non-hydrogen) atoms. The molecule has 15 heterocycles. The van der Waals surface area contributed by atoms with E-state index in [2.05, 4.69) is 75.1 Å². The standard InChI is InChI=1S/2C24H24N8O4.C23H22N8O4/c2*1-14-4-5-17(25-10-14)23(34)30-6-8-31(9-7-30)24(35)21(33)16-11-26-20-19(16)18(36-3)12-27-22(20)32-13-28-15(2)29-32;1-14-27-13-31(28-14)21-19-18(17(35-2)12-26-21)15(11-25-19)20(32)23(34)30-9-7-29(8-10-30)22(33)16-5-3-4-6-24-16/h2*4-5,10-13,26H,6-9H2,1-3H3;3-6,11-13,25H,7-10H2,1-2H3/i2D3,3D3,4D,5D,6D2,7D2,8D2,9D2,10D,13D;2D3,3D3,4D,5D,10D,13D;1D3,2D3,7D2,8D2,9D2,10D2,13D. The van der Waals surface area contributed by atoms with Crippen LogP contribution < -0.4 is 14.2 Å². The van der Waals surface area contributed by atoms with Gasteiger partial charge in [0.2, 0.25) is 0 Å². The maximum atomic E-state index is 14.0. The number of amides is 6. The first-order chi connectivity index (χ1) is 68.6. The van der Waals surface area contributed by atoms with Crippen molar-refractivity contribution in [3.8, 4) is 34.7 Å². The van der Waals surface area contributed by atoms with Crippen LogP contribution in [0.2, 0.25) is 0 Å². The second kappa shape index (κ2) is 30.6. The summed E-state index contributed by atoms with van der Waals surface area (Å²) < 4.78 is 361. The van der Waals surface area contributed by atoms with E-state index in [1.807, 2.05) is 0 Å². The number of fused-ring (bicyclic) bond motifs is 3. The van der Waals surface area contributed by atoms with Gasteiger partial charge in [0.25, 0.3) is 52.8 Å². The van der Waals surface area contributed by atoms with Gasteiger partial charge in [-0.2, -0.15) is 15.3 Å². The number of rotatable bonds is 15. The van der Waals surface area contributed by atoms with Crippen molar-refractivity contribution in [3.63, 3.8) is 0 Å². The lowest BCUT2D eigenvalue weighted by molar-refractivity contribution is -0.128. The average molecular weight is 1490 g/mol. The van der Waals surface area contributed by atoms with Crippen molar-refractivity contribution in [3.05, 3.63) is 179 Å². The number of ketones is 3. The predicted octanol–water partition coefficient (Wildman–Crippen LogP) is 3.69. The number of hydrogen-bond acceptors (Lipinski definition) is 24. The fourth-order valence-corrected chi connectivity index (χ4v) is 10.0. The van der Waals surface area contributed by atoms with Gasteiger partial charge in [-0.15, -0.1) is 0 Å². The Morgan fingerprint density at radius 3 is 1.13 bits per heavy atom. The van der Waals surface area contributed by atoms with Crippen molar-refractivity contribution in [2.75, 3.05) is 99.3 Å². The summed E-state index contributed by atoms with van der Waals surface area (Å²) in [6, 6.07) is 1.19. The van der Waals surface area contributed by atoms with E-state index >= 15 is 0 Å². The number of aryl methyl sites for hydroxylation is 3. The second-order valence-corrected chi connectivity index (χ2v) is 21.5. The number of nitrogens with zero attached hydrogens (tertiary/aromatic N) is 21. The first-order valence-electron chi connectivity index (χ1n) is 51.4. The molecule has 0 aliphatic carbocycles. The van der Waals surface area contributed by atoms with E-state index in [4.69, 9.17) is 73.2 Å². The van der Waals surface area contributed by atoms with Crippen LogP contribution in [-0.2, 0) is 14.4 Å². The van der Waals surface area contributed by atoms with E-state index in [9.17, 15) is 43.2 Å². The van der Waals surface area contributed by atoms with Crippen molar-refractivity contribution < 1.29 is 116 Å². The third-order valence-electron chi connectivity index (χ3n) is 15.0.